The first kappa shape index (κ1) is 14.5. The van der Waals surface area contributed by atoms with E-state index in [0.717, 1.165) is 39.1 Å². The van der Waals surface area contributed by atoms with Crippen molar-refractivity contribution in [2.75, 3.05) is 39.8 Å². The van der Waals surface area contributed by atoms with Crippen molar-refractivity contribution in [1.82, 2.24) is 25.1 Å². The number of hydrogen-bond acceptors (Lipinski definition) is 5. The molecule has 0 bridgehead atoms. The zero-order valence-electron chi connectivity index (χ0n) is 12.0. The van der Waals surface area contributed by atoms with E-state index >= 15 is 0 Å². The number of aryl methyl sites for hydroxylation is 1. The molecule has 1 atom stereocenters. The number of piperazine rings is 1. The van der Waals surface area contributed by atoms with E-state index in [9.17, 15) is 0 Å². The molecule has 108 valence electrons. The maximum atomic E-state index is 5.90. The van der Waals surface area contributed by atoms with Gasteiger partial charge in [-0.25, -0.2) is 10.4 Å². The molecule has 1 aliphatic rings. The van der Waals surface area contributed by atoms with E-state index in [1.807, 2.05) is 10.9 Å². The first-order valence-corrected chi connectivity index (χ1v) is 7.15. The minimum Gasteiger partial charge on any atom is -0.329 e. The monoisotopic (exact) mass is 266 g/mol. The van der Waals surface area contributed by atoms with Crippen molar-refractivity contribution in [2.24, 2.45) is 5.73 Å². The molecule has 1 saturated heterocycles. The van der Waals surface area contributed by atoms with Gasteiger partial charge < -0.3 is 10.6 Å². The summed E-state index contributed by atoms with van der Waals surface area (Å²) in [6, 6.07) is 0.161. The lowest BCUT2D eigenvalue weighted by Gasteiger charge is -2.35. The summed E-state index contributed by atoms with van der Waals surface area (Å²) in [5, 5.41) is 6.65. The summed E-state index contributed by atoms with van der Waals surface area (Å²) in [7, 11) is 2.16. The van der Waals surface area contributed by atoms with Crippen molar-refractivity contribution < 1.29 is 0 Å². The van der Waals surface area contributed by atoms with E-state index in [2.05, 4.69) is 40.6 Å². The number of nitrogens with one attached hydrogen (secondary N) is 1. The van der Waals surface area contributed by atoms with Gasteiger partial charge in [0.1, 0.15) is 0 Å². The molecular formula is C13H26N6. The zero-order valence-corrected chi connectivity index (χ0v) is 12.0. The first-order valence-electron chi connectivity index (χ1n) is 7.15. The van der Waals surface area contributed by atoms with Gasteiger partial charge in [-0.3, -0.25) is 4.68 Å². The molecule has 0 aliphatic carbocycles. The highest BCUT2D eigenvalue weighted by atomic mass is 15.5. The summed E-state index contributed by atoms with van der Waals surface area (Å²) < 4.78 is 1.99. The molecule has 1 unspecified atom stereocenters. The zero-order chi connectivity index (χ0) is 13.7. The summed E-state index contributed by atoms with van der Waals surface area (Å²) in [6.07, 6.45) is 5.13. The average molecular weight is 266 g/mol. The highest BCUT2D eigenvalue weighted by Crippen LogP contribution is 2.12. The lowest BCUT2D eigenvalue weighted by molar-refractivity contribution is 0.0880. The standard InChI is InChI=1S/C13H26N6/c1-3-4-19-11-12(10-15-19)13(9-14)16-18-7-5-17(2)6-8-18/h10-11,13,16H,3-9,14H2,1-2H3. The number of rotatable bonds is 6. The number of likely N-dealkylation sites (N-methyl/N-ethyl adjacent to an activating group) is 1. The van der Waals surface area contributed by atoms with E-state index < -0.39 is 0 Å². The lowest BCUT2D eigenvalue weighted by Crippen LogP contribution is -2.52. The summed E-state index contributed by atoms with van der Waals surface area (Å²) in [5.74, 6) is 0. The topological polar surface area (TPSA) is 62.4 Å². The highest BCUT2D eigenvalue weighted by molar-refractivity contribution is 5.10. The van der Waals surface area contributed by atoms with Crippen LogP contribution in [0.2, 0.25) is 0 Å². The van der Waals surface area contributed by atoms with Gasteiger partial charge in [0.25, 0.3) is 0 Å². The van der Waals surface area contributed by atoms with Gasteiger partial charge in [-0.05, 0) is 13.5 Å². The van der Waals surface area contributed by atoms with E-state index in [1.165, 1.54) is 5.56 Å². The molecule has 0 amide bonds. The third-order valence-corrected chi connectivity index (χ3v) is 3.59. The van der Waals surface area contributed by atoms with Gasteiger partial charge in [0.2, 0.25) is 0 Å². The normalized spacial score (nSPS) is 19.7. The van der Waals surface area contributed by atoms with Crippen molar-refractivity contribution in [3.05, 3.63) is 18.0 Å². The molecule has 0 aromatic carbocycles. The predicted octanol–water partition coefficient (Wildman–Crippen LogP) is 0.0449. The van der Waals surface area contributed by atoms with Crippen LogP contribution in [0, 0.1) is 0 Å². The Labute approximate surface area is 115 Å². The Kier molecular flexibility index (Phi) is 5.33. The molecule has 19 heavy (non-hydrogen) atoms. The first-order chi connectivity index (χ1) is 9.22. The smallest absolute Gasteiger partial charge is 0.0617 e. The van der Waals surface area contributed by atoms with Crippen LogP contribution in [0.1, 0.15) is 24.9 Å². The van der Waals surface area contributed by atoms with Gasteiger partial charge in [-0.2, -0.15) is 5.10 Å². The van der Waals surface area contributed by atoms with Crippen LogP contribution >= 0.6 is 0 Å². The van der Waals surface area contributed by atoms with E-state index in [4.69, 9.17) is 5.73 Å². The molecule has 0 saturated carbocycles. The lowest BCUT2D eigenvalue weighted by atomic mass is 10.2. The summed E-state index contributed by atoms with van der Waals surface area (Å²) >= 11 is 0. The second-order valence-electron chi connectivity index (χ2n) is 5.24. The molecular weight excluding hydrogens is 240 g/mol. The molecule has 1 aromatic heterocycles. The Hall–Kier alpha value is -0.950. The quantitative estimate of drug-likeness (QED) is 0.761. The number of hydrogen-bond donors (Lipinski definition) is 2. The fraction of sp³-hybridized carbons (Fsp3) is 0.769. The average Bonchev–Trinajstić information content (AvgIpc) is 2.87. The maximum Gasteiger partial charge on any atom is 0.0617 e. The molecule has 1 aromatic rings. The number of aromatic nitrogens is 2. The van der Waals surface area contributed by atoms with Crippen LogP contribution in [0.4, 0.5) is 0 Å². The minimum absolute atomic E-state index is 0.161. The van der Waals surface area contributed by atoms with Crippen molar-refractivity contribution in [3.8, 4) is 0 Å². The second-order valence-corrected chi connectivity index (χ2v) is 5.24. The molecule has 0 spiro atoms. The van der Waals surface area contributed by atoms with Gasteiger partial charge in [-0.1, -0.05) is 6.92 Å². The fourth-order valence-electron chi connectivity index (χ4n) is 2.33. The predicted molar refractivity (Wildman–Crippen MR) is 76.5 cm³/mol. The largest absolute Gasteiger partial charge is 0.329 e. The number of nitrogens with two attached hydrogens (primary N) is 1. The van der Waals surface area contributed by atoms with E-state index in [0.29, 0.717) is 6.54 Å². The molecule has 1 aliphatic heterocycles. The van der Waals surface area contributed by atoms with Crippen molar-refractivity contribution in [2.45, 2.75) is 25.9 Å². The van der Waals surface area contributed by atoms with Crippen LogP contribution < -0.4 is 11.2 Å². The molecule has 3 N–H and O–H groups in total. The van der Waals surface area contributed by atoms with Gasteiger partial charge in [0.15, 0.2) is 0 Å². The third kappa shape index (κ3) is 4.01. The van der Waals surface area contributed by atoms with Crippen LogP contribution in [0.3, 0.4) is 0 Å². The Morgan fingerprint density at radius 2 is 2.11 bits per heavy atom. The van der Waals surface area contributed by atoms with Gasteiger partial charge in [-0.15, -0.1) is 0 Å². The van der Waals surface area contributed by atoms with Crippen LogP contribution in [0.5, 0.6) is 0 Å². The van der Waals surface area contributed by atoms with Crippen LogP contribution in [0.15, 0.2) is 12.4 Å². The summed E-state index contributed by atoms with van der Waals surface area (Å²) in [4.78, 5) is 2.34. The Balaban J connectivity index is 1.91. The Morgan fingerprint density at radius 3 is 2.74 bits per heavy atom. The van der Waals surface area contributed by atoms with Gasteiger partial charge in [0, 0.05) is 51.0 Å². The molecule has 2 rings (SSSR count). The van der Waals surface area contributed by atoms with E-state index in [-0.39, 0.29) is 6.04 Å². The number of hydrazine groups is 1. The minimum atomic E-state index is 0.161. The second kappa shape index (κ2) is 7.00. The molecule has 2 heterocycles. The third-order valence-electron chi connectivity index (χ3n) is 3.59. The summed E-state index contributed by atoms with van der Waals surface area (Å²) in [6.45, 7) is 7.98. The van der Waals surface area contributed by atoms with Gasteiger partial charge in [0.05, 0.1) is 12.2 Å². The van der Waals surface area contributed by atoms with E-state index in [1.54, 1.807) is 0 Å². The molecule has 6 heteroatoms. The van der Waals surface area contributed by atoms with Crippen molar-refractivity contribution in [3.63, 3.8) is 0 Å². The summed E-state index contributed by atoms with van der Waals surface area (Å²) in [5.41, 5.74) is 10.6. The molecule has 6 nitrogen and oxygen atoms in total. The molecule has 0 radical (unpaired) electrons. The fourth-order valence-corrected chi connectivity index (χ4v) is 2.33. The highest BCUT2D eigenvalue weighted by Gasteiger charge is 2.18. The van der Waals surface area contributed by atoms with Crippen LogP contribution in [-0.2, 0) is 6.54 Å². The Morgan fingerprint density at radius 1 is 1.37 bits per heavy atom. The SMILES string of the molecule is CCCn1cc(C(CN)NN2CCN(C)CC2)cn1. The maximum absolute atomic E-state index is 5.90. The van der Waals surface area contributed by atoms with Gasteiger partial charge >= 0.3 is 0 Å². The molecule has 1 fully saturated rings. The van der Waals surface area contributed by atoms with Crippen LogP contribution in [-0.4, -0.2) is 59.5 Å². The number of nitrogens with zero attached hydrogens (tertiary/aromatic N) is 4. The van der Waals surface area contributed by atoms with Crippen molar-refractivity contribution >= 4 is 0 Å². The van der Waals surface area contributed by atoms with Crippen molar-refractivity contribution in [1.29, 1.82) is 0 Å². The Bertz CT molecular complexity index is 369. The van der Waals surface area contributed by atoms with Crippen LogP contribution in [0.25, 0.3) is 0 Å².